The first-order valence-corrected chi connectivity index (χ1v) is 7.58. The topological polar surface area (TPSA) is 148 Å². The van der Waals surface area contributed by atoms with E-state index in [1.807, 2.05) is 5.32 Å². The Labute approximate surface area is 153 Å². The smallest absolute Gasteiger partial charge is 0.319 e. The Balaban J connectivity index is 2.18. The molecular weight excluding hydrogens is 352 g/mol. The van der Waals surface area contributed by atoms with Gasteiger partial charge >= 0.3 is 6.03 Å². The summed E-state index contributed by atoms with van der Waals surface area (Å²) in [5, 5.41) is 21.6. The number of nitrogens with zero attached hydrogens (tertiary/aromatic N) is 2. The van der Waals surface area contributed by atoms with Crippen LogP contribution in [0.2, 0.25) is 0 Å². The van der Waals surface area contributed by atoms with E-state index in [1.54, 1.807) is 42.5 Å². The highest BCUT2D eigenvalue weighted by molar-refractivity contribution is 6.08. The molecule has 0 spiro atoms. The number of benzene rings is 2. The summed E-state index contributed by atoms with van der Waals surface area (Å²) < 4.78 is 5.68. The minimum Gasteiger partial charge on any atom is -0.488 e. The van der Waals surface area contributed by atoms with Crippen molar-refractivity contribution in [2.45, 2.75) is 6.61 Å². The summed E-state index contributed by atoms with van der Waals surface area (Å²) in [6.45, 7) is 0.123. The molecule has 0 aromatic heterocycles. The second kappa shape index (κ2) is 8.77. The normalized spacial score (nSPS) is 10.6. The van der Waals surface area contributed by atoms with Gasteiger partial charge in [0.25, 0.3) is 11.6 Å². The summed E-state index contributed by atoms with van der Waals surface area (Å²) in [7, 11) is 0. The number of nitro groups is 1. The van der Waals surface area contributed by atoms with Crippen molar-refractivity contribution in [3.63, 3.8) is 0 Å². The third-order valence-electron chi connectivity index (χ3n) is 3.36. The van der Waals surface area contributed by atoms with Crippen LogP contribution in [0.5, 0.6) is 5.75 Å². The van der Waals surface area contributed by atoms with Crippen LogP contribution in [0.3, 0.4) is 0 Å². The van der Waals surface area contributed by atoms with Gasteiger partial charge in [-0.3, -0.25) is 20.2 Å². The maximum Gasteiger partial charge on any atom is 0.319 e. The molecule has 0 unspecified atom stereocenters. The second-order valence-corrected chi connectivity index (χ2v) is 5.24. The number of imide groups is 1. The fraction of sp³-hybridized carbons (Fsp3) is 0.0556. The van der Waals surface area contributed by atoms with E-state index in [4.69, 9.17) is 15.7 Å². The number of ether oxygens (including phenoxy) is 1. The van der Waals surface area contributed by atoms with Crippen molar-refractivity contribution in [2.75, 3.05) is 0 Å². The Morgan fingerprint density at radius 2 is 1.89 bits per heavy atom. The fourth-order valence-corrected chi connectivity index (χ4v) is 2.09. The van der Waals surface area contributed by atoms with Gasteiger partial charge in [0.15, 0.2) is 0 Å². The van der Waals surface area contributed by atoms with Crippen LogP contribution in [0.15, 0.2) is 54.1 Å². The summed E-state index contributed by atoms with van der Waals surface area (Å²) in [5.74, 6) is -0.536. The maximum absolute atomic E-state index is 11.8. The molecule has 3 amide bonds. The van der Waals surface area contributed by atoms with Gasteiger partial charge in [-0.1, -0.05) is 18.2 Å². The number of nitrogens with two attached hydrogens (primary N) is 1. The van der Waals surface area contributed by atoms with Gasteiger partial charge in [0, 0.05) is 17.7 Å². The SMILES string of the molecule is N#C/C(=C/c1ccccc1OCc1ccc([N+](=O)[O-])cc1)C(=O)NC(N)=O. The quantitative estimate of drug-likeness (QED) is 0.347. The zero-order valence-electron chi connectivity index (χ0n) is 13.9. The zero-order chi connectivity index (χ0) is 19.8. The Morgan fingerprint density at radius 3 is 2.48 bits per heavy atom. The number of rotatable bonds is 6. The van der Waals surface area contributed by atoms with E-state index in [1.165, 1.54) is 18.2 Å². The fourth-order valence-electron chi connectivity index (χ4n) is 2.09. The van der Waals surface area contributed by atoms with Crippen LogP contribution >= 0.6 is 0 Å². The van der Waals surface area contributed by atoms with E-state index in [0.717, 1.165) is 0 Å². The molecule has 0 aliphatic heterocycles. The summed E-state index contributed by atoms with van der Waals surface area (Å²) in [6, 6.07) is 13.2. The van der Waals surface area contributed by atoms with E-state index in [0.29, 0.717) is 16.9 Å². The van der Waals surface area contributed by atoms with E-state index in [9.17, 15) is 19.7 Å². The molecule has 9 nitrogen and oxygen atoms in total. The molecule has 0 saturated heterocycles. The van der Waals surface area contributed by atoms with Gasteiger partial charge in [-0.15, -0.1) is 0 Å². The number of carbonyl (C=O) groups excluding carboxylic acids is 2. The van der Waals surface area contributed by atoms with Crippen molar-refractivity contribution in [1.82, 2.24) is 5.32 Å². The molecule has 9 heteroatoms. The van der Waals surface area contributed by atoms with E-state index < -0.39 is 16.9 Å². The molecule has 0 aliphatic rings. The van der Waals surface area contributed by atoms with Crippen molar-refractivity contribution < 1.29 is 19.2 Å². The lowest BCUT2D eigenvalue weighted by atomic mass is 10.1. The highest BCUT2D eigenvalue weighted by Gasteiger charge is 2.12. The zero-order valence-corrected chi connectivity index (χ0v) is 13.9. The van der Waals surface area contributed by atoms with Crippen LogP contribution in [-0.2, 0) is 11.4 Å². The van der Waals surface area contributed by atoms with Crippen LogP contribution in [0, 0.1) is 21.4 Å². The van der Waals surface area contributed by atoms with Gasteiger partial charge in [-0.05, 0) is 29.8 Å². The van der Waals surface area contributed by atoms with Gasteiger partial charge in [0.05, 0.1) is 4.92 Å². The third-order valence-corrected chi connectivity index (χ3v) is 3.36. The van der Waals surface area contributed by atoms with Crippen molar-refractivity contribution in [2.24, 2.45) is 5.73 Å². The number of urea groups is 1. The molecule has 0 saturated carbocycles. The minimum absolute atomic E-state index is 0.0267. The molecular formula is C18H14N4O5. The van der Waals surface area contributed by atoms with Crippen LogP contribution in [0.25, 0.3) is 6.08 Å². The first-order chi connectivity index (χ1) is 12.9. The van der Waals surface area contributed by atoms with Crippen LogP contribution in [0.4, 0.5) is 10.5 Å². The van der Waals surface area contributed by atoms with Crippen molar-refractivity contribution in [3.8, 4) is 11.8 Å². The molecule has 3 N–H and O–H groups in total. The molecule has 2 aromatic carbocycles. The molecule has 2 aromatic rings. The lowest BCUT2D eigenvalue weighted by Crippen LogP contribution is -2.35. The minimum atomic E-state index is -1.07. The Morgan fingerprint density at radius 1 is 1.22 bits per heavy atom. The summed E-state index contributed by atoms with van der Waals surface area (Å²) in [5.41, 5.74) is 5.67. The number of nitriles is 1. The van der Waals surface area contributed by atoms with Gasteiger partial charge in [-0.2, -0.15) is 5.26 Å². The number of hydrogen-bond acceptors (Lipinski definition) is 6. The van der Waals surface area contributed by atoms with Gasteiger partial charge in [0.1, 0.15) is 24.0 Å². The van der Waals surface area contributed by atoms with Gasteiger partial charge < -0.3 is 10.5 Å². The van der Waals surface area contributed by atoms with Crippen LogP contribution < -0.4 is 15.8 Å². The average Bonchev–Trinajstić information content (AvgIpc) is 2.64. The summed E-state index contributed by atoms with van der Waals surface area (Å²) in [4.78, 5) is 32.7. The first kappa shape index (κ1) is 19.1. The number of non-ortho nitro benzene ring substituents is 1. The number of primary amides is 1. The van der Waals surface area contributed by atoms with Gasteiger partial charge in [-0.25, -0.2) is 4.79 Å². The number of para-hydroxylation sites is 1. The largest absolute Gasteiger partial charge is 0.488 e. The summed E-state index contributed by atoms with van der Waals surface area (Å²) >= 11 is 0. The molecule has 27 heavy (non-hydrogen) atoms. The predicted molar refractivity (Wildman–Crippen MR) is 95.2 cm³/mol. The monoisotopic (exact) mass is 366 g/mol. The second-order valence-electron chi connectivity index (χ2n) is 5.24. The number of carbonyl (C=O) groups is 2. The lowest BCUT2D eigenvalue weighted by molar-refractivity contribution is -0.384. The number of nitro benzene ring substituents is 1. The van der Waals surface area contributed by atoms with Crippen molar-refractivity contribution in [1.29, 1.82) is 5.26 Å². The summed E-state index contributed by atoms with van der Waals surface area (Å²) in [6.07, 6.45) is 1.27. The van der Waals surface area contributed by atoms with E-state index in [2.05, 4.69) is 0 Å². The molecule has 0 bridgehead atoms. The molecule has 2 rings (SSSR count). The van der Waals surface area contributed by atoms with E-state index in [-0.39, 0.29) is 17.9 Å². The Hall–Kier alpha value is -4.19. The standard InChI is InChI=1S/C18H14N4O5/c19-10-14(17(23)21-18(20)24)9-13-3-1-2-4-16(13)27-11-12-5-7-15(8-6-12)22(25)26/h1-9H,11H2,(H3,20,21,23,24)/b14-9-. The van der Waals surface area contributed by atoms with Crippen molar-refractivity contribution in [3.05, 3.63) is 75.3 Å². The van der Waals surface area contributed by atoms with E-state index >= 15 is 0 Å². The lowest BCUT2D eigenvalue weighted by Gasteiger charge is -2.09. The molecule has 0 aliphatic carbocycles. The van der Waals surface area contributed by atoms with Crippen molar-refractivity contribution >= 4 is 23.7 Å². The molecule has 0 heterocycles. The Kier molecular flexibility index (Phi) is 6.22. The highest BCUT2D eigenvalue weighted by Crippen LogP contribution is 2.22. The molecule has 136 valence electrons. The van der Waals surface area contributed by atoms with Crippen LogP contribution in [0.1, 0.15) is 11.1 Å². The third kappa shape index (κ3) is 5.40. The molecule has 0 atom stereocenters. The number of amides is 3. The number of hydrogen-bond donors (Lipinski definition) is 2. The van der Waals surface area contributed by atoms with Gasteiger partial charge in [0.2, 0.25) is 0 Å². The predicted octanol–water partition coefficient (Wildman–Crippen LogP) is 2.28. The number of nitrogens with one attached hydrogen (secondary N) is 1. The van der Waals surface area contributed by atoms with Crippen LogP contribution in [-0.4, -0.2) is 16.9 Å². The average molecular weight is 366 g/mol. The molecule has 0 radical (unpaired) electrons. The Bertz CT molecular complexity index is 945. The maximum atomic E-state index is 11.8. The first-order valence-electron chi connectivity index (χ1n) is 7.58. The highest BCUT2D eigenvalue weighted by atomic mass is 16.6. The molecule has 0 fully saturated rings.